The smallest absolute Gasteiger partial charge is 0.307 e. The monoisotopic (exact) mass is 415 g/mol. The first-order valence-electron chi connectivity index (χ1n) is 6.81. The molecule has 1 aromatic carbocycles. The summed E-state index contributed by atoms with van der Waals surface area (Å²) < 4.78 is 6.01. The number of Topliss-reactive ketones (excluding diaryl/α,β-unsaturated/α-hetero) is 1. The van der Waals surface area contributed by atoms with Gasteiger partial charge in [0.15, 0.2) is 11.9 Å². The lowest BCUT2D eigenvalue weighted by atomic mass is 10.1. The molecule has 0 fully saturated rings. The Hall–Kier alpha value is -1.70. The molecule has 118 valence electrons. The van der Waals surface area contributed by atoms with E-state index in [2.05, 4.69) is 34.5 Å². The molecule has 6 heteroatoms. The first-order valence-corrected chi connectivity index (χ1v) is 7.88. The van der Waals surface area contributed by atoms with E-state index < -0.39 is 18.0 Å². The summed E-state index contributed by atoms with van der Waals surface area (Å²) in [6, 6.07) is 7.11. The summed E-state index contributed by atoms with van der Waals surface area (Å²) >= 11 is 2.15. The van der Waals surface area contributed by atoms with Gasteiger partial charge in [0.2, 0.25) is 0 Å². The number of halogens is 1. The van der Waals surface area contributed by atoms with E-state index in [0.717, 1.165) is 3.57 Å². The molecular formula is C16H18INO4. The fourth-order valence-electron chi connectivity index (χ4n) is 1.62. The Labute approximate surface area is 143 Å². The summed E-state index contributed by atoms with van der Waals surface area (Å²) in [5, 5.41) is 2.53. The van der Waals surface area contributed by atoms with Gasteiger partial charge < -0.3 is 10.1 Å². The van der Waals surface area contributed by atoms with Gasteiger partial charge in [-0.1, -0.05) is 18.2 Å². The van der Waals surface area contributed by atoms with Crippen molar-refractivity contribution in [3.05, 3.63) is 46.1 Å². The zero-order chi connectivity index (χ0) is 16.5. The van der Waals surface area contributed by atoms with Crippen molar-refractivity contribution in [2.75, 3.05) is 6.54 Å². The van der Waals surface area contributed by atoms with Gasteiger partial charge in [-0.2, -0.15) is 0 Å². The highest BCUT2D eigenvalue weighted by Gasteiger charge is 2.18. The zero-order valence-electron chi connectivity index (χ0n) is 12.3. The second-order valence-electron chi connectivity index (χ2n) is 4.60. The number of rotatable bonds is 8. The quantitative estimate of drug-likeness (QED) is 0.307. The van der Waals surface area contributed by atoms with Gasteiger partial charge in [-0.15, -0.1) is 6.58 Å². The molecule has 0 unspecified atom stereocenters. The van der Waals surface area contributed by atoms with Gasteiger partial charge in [-0.3, -0.25) is 14.4 Å². The molecule has 0 spiro atoms. The van der Waals surface area contributed by atoms with Crippen molar-refractivity contribution in [3.63, 3.8) is 0 Å². The molecule has 1 aromatic rings. The van der Waals surface area contributed by atoms with E-state index in [9.17, 15) is 14.4 Å². The number of hydrogen-bond donors (Lipinski definition) is 1. The van der Waals surface area contributed by atoms with E-state index in [-0.39, 0.29) is 18.6 Å². The maximum Gasteiger partial charge on any atom is 0.307 e. The Balaban J connectivity index is 2.39. The summed E-state index contributed by atoms with van der Waals surface area (Å²) in [6.07, 6.45) is 0.650. The van der Waals surface area contributed by atoms with Crippen LogP contribution < -0.4 is 5.32 Å². The van der Waals surface area contributed by atoms with Crippen molar-refractivity contribution in [1.29, 1.82) is 0 Å². The van der Waals surface area contributed by atoms with Crippen LogP contribution in [-0.2, 0) is 14.3 Å². The molecule has 0 aliphatic carbocycles. The minimum absolute atomic E-state index is 0.0517. The van der Waals surface area contributed by atoms with Crippen LogP contribution in [0.4, 0.5) is 0 Å². The molecule has 0 heterocycles. The molecular weight excluding hydrogens is 397 g/mol. The van der Waals surface area contributed by atoms with Crippen molar-refractivity contribution in [2.24, 2.45) is 0 Å². The Morgan fingerprint density at radius 3 is 2.50 bits per heavy atom. The van der Waals surface area contributed by atoms with Gasteiger partial charge in [0.25, 0.3) is 5.91 Å². The zero-order valence-corrected chi connectivity index (χ0v) is 14.5. The molecule has 0 aromatic heterocycles. The number of amides is 1. The molecule has 0 bridgehead atoms. The SMILES string of the molecule is C=CCNC(=O)[C@@H](C)OC(=O)CCC(=O)c1ccc(I)cc1. The lowest BCUT2D eigenvalue weighted by molar-refractivity contribution is -0.154. The first kappa shape index (κ1) is 18.3. The van der Waals surface area contributed by atoms with Gasteiger partial charge in [0.05, 0.1) is 6.42 Å². The van der Waals surface area contributed by atoms with Crippen LogP contribution in [0.5, 0.6) is 0 Å². The van der Waals surface area contributed by atoms with Gasteiger partial charge in [-0.05, 0) is 41.6 Å². The van der Waals surface area contributed by atoms with Crippen LogP contribution in [0.15, 0.2) is 36.9 Å². The van der Waals surface area contributed by atoms with Crippen molar-refractivity contribution in [3.8, 4) is 0 Å². The van der Waals surface area contributed by atoms with Crippen LogP contribution >= 0.6 is 22.6 Å². The fourth-order valence-corrected chi connectivity index (χ4v) is 1.98. The molecule has 1 N–H and O–H groups in total. The van der Waals surface area contributed by atoms with Crippen LogP contribution in [0.1, 0.15) is 30.1 Å². The number of benzene rings is 1. The highest BCUT2D eigenvalue weighted by atomic mass is 127. The lowest BCUT2D eigenvalue weighted by Crippen LogP contribution is -2.35. The maximum absolute atomic E-state index is 11.9. The molecule has 22 heavy (non-hydrogen) atoms. The Morgan fingerprint density at radius 2 is 1.91 bits per heavy atom. The van der Waals surface area contributed by atoms with E-state index in [1.54, 1.807) is 12.1 Å². The maximum atomic E-state index is 11.9. The van der Waals surface area contributed by atoms with E-state index in [1.165, 1.54) is 13.0 Å². The second-order valence-corrected chi connectivity index (χ2v) is 5.84. The standard InChI is InChI=1S/C16H18INO4/c1-3-10-18-16(21)11(2)22-15(20)9-8-14(19)12-4-6-13(17)7-5-12/h3-7,11H,1,8-10H2,2H3,(H,18,21)/t11-/m1/s1. The molecule has 1 amide bonds. The van der Waals surface area contributed by atoms with Crippen molar-refractivity contribution < 1.29 is 19.1 Å². The van der Waals surface area contributed by atoms with Crippen LogP contribution in [0.25, 0.3) is 0 Å². The average Bonchev–Trinajstić information content (AvgIpc) is 2.50. The average molecular weight is 415 g/mol. The Morgan fingerprint density at radius 1 is 1.27 bits per heavy atom. The van der Waals surface area contributed by atoms with Crippen LogP contribution in [-0.4, -0.2) is 30.3 Å². The summed E-state index contributed by atoms with van der Waals surface area (Å²) in [4.78, 5) is 35.1. The van der Waals surface area contributed by atoms with E-state index in [1.807, 2.05) is 12.1 Å². The van der Waals surface area contributed by atoms with Gasteiger partial charge in [0, 0.05) is 22.1 Å². The fraction of sp³-hybridized carbons (Fsp3) is 0.312. The Kier molecular flexibility index (Phi) is 7.79. The minimum atomic E-state index is -0.888. The minimum Gasteiger partial charge on any atom is -0.453 e. The lowest BCUT2D eigenvalue weighted by Gasteiger charge is -2.12. The number of hydrogen-bond acceptors (Lipinski definition) is 4. The van der Waals surface area contributed by atoms with Crippen LogP contribution in [0, 0.1) is 3.57 Å². The number of ketones is 1. The van der Waals surface area contributed by atoms with E-state index in [4.69, 9.17) is 4.74 Å². The number of esters is 1. The molecule has 1 atom stereocenters. The molecule has 1 rings (SSSR count). The van der Waals surface area contributed by atoms with Gasteiger partial charge >= 0.3 is 5.97 Å². The molecule has 5 nitrogen and oxygen atoms in total. The van der Waals surface area contributed by atoms with E-state index in [0.29, 0.717) is 12.1 Å². The third-order valence-electron chi connectivity index (χ3n) is 2.82. The van der Waals surface area contributed by atoms with Crippen LogP contribution in [0.2, 0.25) is 0 Å². The molecule has 0 aliphatic rings. The third kappa shape index (κ3) is 6.38. The number of nitrogens with one attached hydrogen (secondary N) is 1. The molecule has 0 aliphatic heterocycles. The van der Waals surface area contributed by atoms with E-state index >= 15 is 0 Å². The predicted octanol–water partition coefficient (Wildman–Crippen LogP) is 2.49. The second kappa shape index (κ2) is 9.34. The van der Waals surface area contributed by atoms with Gasteiger partial charge in [-0.25, -0.2) is 0 Å². The largest absolute Gasteiger partial charge is 0.453 e. The predicted molar refractivity (Wildman–Crippen MR) is 91.5 cm³/mol. The first-order chi connectivity index (χ1) is 10.4. The number of carbonyl (C=O) groups excluding carboxylic acids is 3. The van der Waals surface area contributed by atoms with Crippen molar-refractivity contribution >= 4 is 40.3 Å². The molecule has 0 saturated carbocycles. The Bertz CT molecular complexity index is 554. The highest BCUT2D eigenvalue weighted by Crippen LogP contribution is 2.10. The summed E-state index contributed by atoms with van der Waals surface area (Å²) in [7, 11) is 0. The highest BCUT2D eigenvalue weighted by molar-refractivity contribution is 14.1. The third-order valence-corrected chi connectivity index (χ3v) is 3.54. The molecule has 0 radical (unpaired) electrons. The van der Waals surface area contributed by atoms with Crippen molar-refractivity contribution in [1.82, 2.24) is 5.32 Å². The van der Waals surface area contributed by atoms with Gasteiger partial charge in [0.1, 0.15) is 0 Å². The molecule has 0 saturated heterocycles. The number of ether oxygens (including phenoxy) is 1. The summed E-state index contributed by atoms with van der Waals surface area (Å²) in [6.45, 7) is 5.27. The van der Waals surface area contributed by atoms with Crippen molar-refractivity contribution in [2.45, 2.75) is 25.9 Å². The summed E-state index contributed by atoms with van der Waals surface area (Å²) in [5.41, 5.74) is 0.560. The topological polar surface area (TPSA) is 72.5 Å². The summed E-state index contributed by atoms with van der Waals surface area (Å²) in [5.74, 6) is -1.09. The normalized spacial score (nSPS) is 11.4. The number of carbonyl (C=O) groups is 3. The van der Waals surface area contributed by atoms with Crippen LogP contribution in [0.3, 0.4) is 0 Å².